The van der Waals surface area contributed by atoms with Gasteiger partial charge in [0.1, 0.15) is 11.6 Å². The van der Waals surface area contributed by atoms with Gasteiger partial charge >= 0.3 is 0 Å². The van der Waals surface area contributed by atoms with E-state index >= 15 is 0 Å². The molecule has 0 atom stereocenters. The third-order valence-corrected chi connectivity index (χ3v) is 2.98. The minimum Gasteiger partial charge on any atom is -0.361 e. The maximum atomic E-state index is 13.8. The van der Waals surface area contributed by atoms with Crippen LogP contribution in [0.25, 0.3) is 10.9 Å². The summed E-state index contributed by atoms with van der Waals surface area (Å²) in [7, 11) is 0. The van der Waals surface area contributed by atoms with Crippen molar-refractivity contribution >= 4 is 22.6 Å². The Bertz CT molecular complexity index is 776. The van der Waals surface area contributed by atoms with E-state index in [0.717, 1.165) is 0 Å². The normalized spacial score (nSPS) is 10.9. The summed E-state index contributed by atoms with van der Waals surface area (Å²) in [5.41, 5.74) is 1.28. The van der Waals surface area contributed by atoms with Crippen LogP contribution in [0, 0.1) is 12.7 Å². The number of anilines is 1. The zero-order valence-electron chi connectivity index (χ0n) is 10.7. The van der Waals surface area contributed by atoms with Crippen molar-refractivity contribution in [2.24, 2.45) is 0 Å². The lowest BCUT2D eigenvalue weighted by Gasteiger charge is -2.01. The number of amides is 1. The average molecular weight is 273 g/mol. The van der Waals surface area contributed by atoms with E-state index in [1.807, 2.05) is 0 Å². The number of H-pyrrole nitrogens is 1. The molecule has 0 saturated carbocycles. The average Bonchev–Trinajstić information content (AvgIpc) is 2.97. The Morgan fingerprint density at radius 1 is 1.50 bits per heavy atom. The Morgan fingerprint density at radius 3 is 3.10 bits per heavy atom. The number of nitrogens with one attached hydrogen (secondary N) is 2. The first-order valence-electron chi connectivity index (χ1n) is 6.11. The molecule has 0 aliphatic carbocycles. The highest BCUT2D eigenvalue weighted by molar-refractivity contribution is 5.95. The summed E-state index contributed by atoms with van der Waals surface area (Å²) >= 11 is 0. The van der Waals surface area contributed by atoms with E-state index in [0.29, 0.717) is 28.0 Å². The van der Waals surface area contributed by atoms with Crippen LogP contribution in [0.1, 0.15) is 11.3 Å². The Morgan fingerprint density at radius 2 is 2.35 bits per heavy atom. The minimum absolute atomic E-state index is 0.0623. The van der Waals surface area contributed by atoms with E-state index in [1.165, 1.54) is 6.07 Å². The highest BCUT2D eigenvalue weighted by atomic mass is 19.1. The Hall–Kier alpha value is -2.63. The smallest absolute Gasteiger partial charge is 0.230 e. The van der Waals surface area contributed by atoms with Crippen LogP contribution in [-0.2, 0) is 11.2 Å². The van der Waals surface area contributed by atoms with Crippen molar-refractivity contribution in [3.63, 3.8) is 0 Å². The second-order valence-corrected chi connectivity index (χ2v) is 4.52. The SMILES string of the molecule is Cc1cc(NC(=O)Cc2c[nH]c3cccc(F)c23)no1. The van der Waals surface area contributed by atoms with E-state index in [9.17, 15) is 9.18 Å². The fourth-order valence-corrected chi connectivity index (χ4v) is 2.13. The van der Waals surface area contributed by atoms with Gasteiger partial charge in [-0.2, -0.15) is 0 Å². The van der Waals surface area contributed by atoms with E-state index in [4.69, 9.17) is 4.52 Å². The highest BCUT2D eigenvalue weighted by Gasteiger charge is 2.13. The molecule has 3 rings (SSSR count). The molecular formula is C14H12FN3O2. The van der Waals surface area contributed by atoms with Crippen LogP contribution < -0.4 is 5.32 Å². The molecule has 3 aromatic rings. The first kappa shape index (κ1) is 12.4. The summed E-state index contributed by atoms with van der Waals surface area (Å²) in [6.45, 7) is 1.73. The number of aromatic amines is 1. The first-order chi connectivity index (χ1) is 9.63. The number of aryl methyl sites for hydroxylation is 1. The van der Waals surface area contributed by atoms with Crippen molar-refractivity contribution in [2.75, 3.05) is 5.32 Å². The number of hydrogen-bond donors (Lipinski definition) is 2. The molecule has 0 spiro atoms. The number of carbonyl (C=O) groups is 1. The number of halogens is 1. The molecule has 2 N–H and O–H groups in total. The van der Waals surface area contributed by atoms with Gasteiger partial charge in [-0.05, 0) is 24.6 Å². The number of nitrogens with zero attached hydrogens (tertiary/aromatic N) is 1. The molecule has 0 aliphatic heterocycles. The molecule has 0 aliphatic rings. The number of hydrogen-bond acceptors (Lipinski definition) is 3. The Balaban J connectivity index is 1.81. The molecule has 2 aromatic heterocycles. The topological polar surface area (TPSA) is 70.9 Å². The highest BCUT2D eigenvalue weighted by Crippen LogP contribution is 2.22. The number of rotatable bonds is 3. The fourth-order valence-electron chi connectivity index (χ4n) is 2.13. The molecule has 5 nitrogen and oxygen atoms in total. The van der Waals surface area contributed by atoms with Crippen LogP contribution in [0.3, 0.4) is 0 Å². The van der Waals surface area contributed by atoms with Gasteiger partial charge in [-0.25, -0.2) is 4.39 Å². The van der Waals surface area contributed by atoms with Gasteiger partial charge in [0.25, 0.3) is 0 Å². The lowest BCUT2D eigenvalue weighted by Crippen LogP contribution is -2.14. The van der Waals surface area contributed by atoms with Crippen LogP contribution in [0.2, 0.25) is 0 Å². The predicted molar refractivity (Wildman–Crippen MR) is 71.8 cm³/mol. The standard InChI is InChI=1S/C14H12FN3O2/c1-8-5-12(18-20-8)17-13(19)6-9-7-16-11-4-2-3-10(15)14(9)11/h2-5,7,16H,6H2,1H3,(H,17,18,19). The molecule has 1 amide bonds. The maximum absolute atomic E-state index is 13.8. The molecule has 0 saturated heterocycles. The summed E-state index contributed by atoms with van der Waals surface area (Å²) in [4.78, 5) is 14.9. The van der Waals surface area contributed by atoms with Crippen molar-refractivity contribution in [3.05, 3.63) is 47.6 Å². The van der Waals surface area contributed by atoms with Crippen molar-refractivity contribution in [3.8, 4) is 0 Å². The van der Waals surface area contributed by atoms with Gasteiger partial charge in [0.15, 0.2) is 5.82 Å². The lowest BCUT2D eigenvalue weighted by atomic mass is 10.1. The zero-order chi connectivity index (χ0) is 14.1. The molecule has 102 valence electrons. The molecule has 1 aromatic carbocycles. The lowest BCUT2D eigenvalue weighted by molar-refractivity contribution is -0.115. The third-order valence-electron chi connectivity index (χ3n) is 2.98. The quantitative estimate of drug-likeness (QED) is 0.770. The van der Waals surface area contributed by atoms with Crippen LogP contribution >= 0.6 is 0 Å². The number of benzene rings is 1. The summed E-state index contributed by atoms with van der Waals surface area (Å²) in [6.07, 6.45) is 1.70. The number of fused-ring (bicyclic) bond motifs is 1. The van der Waals surface area contributed by atoms with Gasteiger partial charge in [0.2, 0.25) is 5.91 Å². The van der Waals surface area contributed by atoms with Gasteiger partial charge in [-0.3, -0.25) is 4.79 Å². The van der Waals surface area contributed by atoms with Gasteiger partial charge in [-0.1, -0.05) is 11.2 Å². The van der Waals surface area contributed by atoms with Crippen LogP contribution in [0.5, 0.6) is 0 Å². The molecule has 0 fully saturated rings. The van der Waals surface area contributed by atoms with E-state index in [-0.39, 0.29) is 18.1 Å². The van der Waals surface area contributed by atoms with Gasteiger partial charge in [-0.15, -0.1) is 0 Å². The zero-order valence-corrected chi connectivity index (χ0v) is 10.7. The summed E-state index contributed by atoms with van der Waals surface area (Å²) < 4.78 is 18.6. The molecular weight excluding hydrogens is 261 g/mol. The van der Waals surface area contributed by atoms with Crippen LogP contribution in [0.4, 0.5) is 10.2 Å². The van der Waals surface area contributed by atoms with Gasteiger partial charge in [0.05, 0.1) is 6.42 Å². The summed E-state index contributed by atoms with van der Waals surface area (Å²) in [5.74, 6) is 0.345. The molecule has 0 unspecified atom stereocenters. The van der Waals surface area contributed by atoms with E-state index in [2.05, 4.69) is 15.5 Å². The van der Waals surface area contributed by atoms with Crippen LogP contribution in [0.15, 0.2) is 35.0 Å². The third kappa shape index (κ3) is 2.27. The fraction of sp³-hybridized carbons (Fsp3) is 0.143. The van der Waals surface area contributed by atoms with Crippen molar-refractivity contribution < 1.29 is 13.7 Å². The largest absolute Gasteiger partial charge is 0.361 e. The predicted octanol–water partition coefficient (Wildman–Crippen LogP) is 2.78. The molecule has 2 heterocycles. The number of carbonyl (C=O) groups excluding carboxylic acids is 1. The van der Waals surface area contributed by atoms with Gasteiger partial charge < -0.3 is 14.8 Å². The summed E-state index contributed by atoms with van der Waals surface area (Å²) in [6, 6.07) is 6.38. The van der Waals surface area contributed by atoms with Crippen LogP contribution in [-0.4, -0.2) is 16.0 Å². The minimum atomic E-state index is -0.344. The van der Waals surface area contributed by atoms with Crippen molar-refractivity contribution in [2.45, 2.75) is 13.3 Å². The first-order valence-corrected chi connectivity index (χ1v) is 6.11. The Kier molecular flexibility index (Phi) is 2.98. The van der Waals surface area contributed by atoms with E-state index < -0.39 is 0 Å². The van der Waals surface area contributed by atoms with E-state index in [1.54, 1.807) is 31.3 Å². The summed E-state index contributed by atoms with van der Waals surface area (Å²) in [5, 5.41) is 6.72. The Labute approximate surface area is 113 Å². The maximum Gasteiger partial charge on any atom is 0.230 e. The van der Waals surface area contributed by atoms with Crippen molar-refractivity contribution in [1.29, 1.82) is 0 Å². The van der Waals surface area contributed by atoms with Crippen molar-refractivity contribution in [1.82, 2.24) is 10.1 Å². The number of aromatic nitrogens is 2. The molecule has 20 heavy (non-hydrogen) atoms. The van der Waals surface area contributed by atoms with Gasteiger partial charge in [0, 0.05) is 23.2 Å². The monoisotopic (exact) mass is 273 g/mol. The molecule has 0 bridgehead atoms. The second kappa shape index (κ2) is 4.80. The molecule has 6 heteroatoms. The molecule has 0 radical (unpaired) electrons. The second-order valence-electron chi connectivity index (χ2n) is 4.52.